The first-order chi connectivity index (χ1) is 5.79. The standard InChI is InChI=1S/C7H5ClN4/c8-4-1-2-10-7-5(4)6(9)11-3-12-7/h1-3H,(H2,9,10,11,12). The molecular formula is C7H5ClN4. The topological polar surface area (TPSA) is 64.7 Å². The Morgan fingerprint density at radius 2 is 2.08 bits per heavy atom. The summed E-state index contributed by atoms with van der Waals surface area (Å²) < 4.78 is 0. The van der Waals surface area contributed by atoms with Crippen LogP contribution in [-0.2, 0) is 0 Å². The van der Waals surface area contributed by atoms with Gasteiger partial charge in [-0.05, 0) is 6.07 Å². The van der Waals surface area contributed by atoms with Gasteiger partial charge in [0.25, 0.3) is 0 Å². The van der Waals surface area contributed by atoms with E-state index in [1.54, 1.807) is 12.3 Å². The quantitative estimate of drug-likeness (QED) is 0.663. The Labute approximate surface area is 73.4 Å². The van der Waals surface area contributed by atoms with Crippen molar-refractivity contribution in [2.75, 3.05) is 5.73 Å². The Hall–Kier alpha value is -1.42. The Kier molecular flexibility index (Phi) is 1.55. The van der Waals surface area contributed by atoms with E-state index in [0.29, 0.717) is 21.9 Å². The molecule has 0 aliphatic carbocycles. The number of nitrogen functional groups attached to an aromatic ring is 1. The third kappa shape index (κ3) is 0.967. The van der Waals surface area contributed by atoms with Crippen molar-refractivity contribution in [2.24, 2.45) is 0 Å². The zero-order chi connectivity index (χ0) is 8.55. The number of hydrogen-bond acceptors (Lipinski definition) is 4. The average Bonchev–Trinajstić information content (AvgIpc) is 2.04. The van der Waals surface area contributed by atoms with Gasteiger partial charge in [0, 0.05) is 6.20 Å². The van der Waals surface area contributed by atoms with Crippen LogP contribution in [0.4, 0.5) is 5.82 Å². The molecule has 2 rings (SSSR count). The molecule has 0 radical (unpaired) electrons. The molecule has 60 valence electrons. The number of halogens is 1. The summed E-state index contributed by atoms with van der Waals surface area (Å²) in [6.45, 7) is 0. The number of nitrogens with zero attached hydrogens (tertiary/aromatic N) is 3. The summed E-state index contributed by atoms with van der Waals surface area (Å²) >= 11 is 5.86. The fourth-order valence-electron chi connectivity index (χ4n) is 0.973. The summed E-state index contributed by atoms with van der Waals surface area (Å²) in [7, 11) is 0. The van der Waals surface area contributed by atoms with E-state index >= 15 is 0 Å². The molecule has 2 aromatic rings. The second-order valence-electron chi connectivity index (χ2n) is 2.25. The molecule has 0 aromatic carbocycles. The van der Waals surface area contributed by atoms with Gasteiger partial charge >= 0.3 is 0 Å². The maximum absolute atomic E-state index is 5.86. The molecule has 2 heterocycles. The maximum atomic E-state index is 5.86. The van der Waals surface area contributed by atoms with Crippen LogP contribution in [-0.4, -0.2) is 15.0 Å². The molecule has 2 N–H and O–H groups in total. The number of rotatable bonds is 0. The highest BCUT2D eigenvalue weighted by Gasteiger charge is 2.04. The molecule has 12 heavy (non-hydrogen) atoms. The van der Waals surface area contributed by atoms with Gasteiger partial charge in [-0.2, -0.15) is 0 Å². The minimum Gasteiger partial charge on any atom is -0.383 e. The van der Waals surface area contributed by atoms with Crippen LogP contribution in [0, 0.1) is 0 Å². The van der Waals surface area contributed by atoms with E-state index in [-0.39, 0.29) is 0 Å². The first-order valence-corrected chi connectivity index (χ1v) is 3.67. The highest BCUT2D eigenvalue weighted by atomic mass is 35.5. The van der Waals surface area contributed by atoms with Crippen LogP contribution in [0.2, 0.25) is 5.02 Å². The number of fused-ring (bicyclic) bond motifs is 1. The van der Waals surface area contributed by atoms with Crippen molar-refractivity contribution in [3.05, 3.63) is 23.6 Å². The zero-order valence-corrected chi connectivity index (χ0v) is 6.78. The van der Waals surface area contributed by atoms with Crippen molar-refractivity contribution in [3.63, 3.8) is 0 Å². The normalized spacial score (nSPS) is 10.4. The molecule has 5 heteroatoms. The Balaban J connectivity index is 2.96. The number of hydrogen-bond donors (Lipinski definition) is 1. The predicted octanol–water partition coefficient (Wildman–Crippen LogP) is 1.26. The van der Waals surface area contributed by atoms with Gasteiger partial charge in [-0.1, -0.05) is 11.6 Å². The molecule has 2 aromatic heterocycles. The average molecular weight is 181 g/mol. The Bertz CT molecular complexity index is 392. The number of aromatic nitrogens is 3. The molecule has 0 fully saturated rings. The molecule has 0 saturated carbocycles. The molecule has 0 spiro atoms. The molecule has 0 aliphatic rings. The number of pyridine rings is 1. The van der Waals surface area contributed by atoms with Gasteiger partial charge in [-0.15, -0.1) is 0 Å². The highest BCUT2D eigenvalue weighted by molar-refractivity contribution is 6.36. The van der Waals surface area contributed by atoms with Gasteiger partial charge in [0.15, 0.2) is 5.65 Å². The van der Waals surface area contributed by atoms with Crippen molar-refractivity contribution in [2.45, 2.75) is 0 Å². The van der Waals surface area contributed by atoms with Gasteiger partial charge in [0.2, 0.25) is 0 Å². The van der Waals surface area contributed by atoms with Gasteiger partial charge in [0.05, 0.1) is 10.4 Å². The van der Waals surface area contributed by atoms with E-state index in [2.05, 4.69) is 15.0 Å². The third-order valence-corrected chi connectivity index (χ3v) is 1.83. The van der Waals surface area contributed by atoms with Crippen molar-refractivity contribution in [1.82, 2.24) is 15.0 Å². The lowest BCUT2D eigenvalue weighted by Gasteiger charge is -1.99. The third-order valence-electron chi connectivity index (χ3n) is 1.51. The molecule has 0 aliphatic heterocycles. The maximum Gasteiger partial charge on any atom is 0.166 e. The van der Waals surface area contributed by atoms with Crippen LogP contribution < -0.4 is 5.73 Å². The Morgan fingerprint density at radius 1 is 1.25 bits per heavy atom. The van der Waals surface area contributed by atoms with E-state index in [1.807, 2.05) is 0 Å². The summed E-state index contributed by atoms with van der Waals surface area (Å²) in [5.74, 6) is 0.359. The van der Waals surface area contributed by atoms with Gasteiger partial charge < -0.3 is 5.73 Å². The van der Waals surface area contributed by atoms with Gasteiger partial charge in [-0.25, -0.2) is 15.0 Å². The minimum absolute atomic E-state index is 0.359. The lowest BCUT2D eigenvalue weighted by atomic mass is 10.3. The molecule has 0 bridgehead atoms. The summed E-state index contributed by atoms with van der Waals surface area (Å²) in [5, 5.41) is 1.14. The number of anilines is 1. The van der Waals surface area contributed by atoms with Crippen molar-refractivity contribution in [1.29, 1.82) is 0 Å². The van der Waals surface area contributed by atoms with Crippen LogP contribution in [0.1, 0.15) is 0 Å². The van der Waals surface area contributed by atoms with Crippen LogP contribution in [0.25, 0.3) is 11.0 Å². The monoisotopic (exact) mass is 180 g/mol. The first kappa shape index (κ1) is 7.24. The molecule has 0 atom stereocenters. The smallest absolute Gasteiger partial charge is 0.166 e. The summed E-state index contributed by atoms with van der Waals surface area (Å²) in [4.78, 5) is 11.7. The van der Waals surface area contributed by atoms with Crippen molar-refractivity contribution in [3.8, 4) is 0 Å². The number of nitrogens with two attached hydrogens (primary N) is 1. The predicted molar refractivity (Wildman–Crippen MR) is 46.8 cm³/mol. The van der Waals surface area contributed by atoms with E-state index in [1.165, 1.54) is 6.33 Å². The fourth-order valence-corrected chi connectivity index (χ4v) is 1.21. The van der Waals surface area contributed by atoms with E-state index < -0.39 is 0 Å². The summed E-state index contributed by atoms with van der Waals surface area (Å²) in [5.41, 5.74) is 6.10. The van der Waals surface area contributed by atoms with Crippen LogP contribution in [0.15, 0.2) is 18.6 Å². The minimum atomic E-state index is 0.359. The molecule has 0 amide bonds. The lowest BCUT2D eigenvalue weighted by Crippen LogP contribution is -1.94. The van der Waals surface area contributed by atoms with Gasteiger partial charge in [0.1, 0.15) is 12.1 Å². The van der Waals surface area contributed by atoms with Gasteiger partial charge in [-0.3, -0.25) is 0 Å². The Morgan fingerprint density at radius 3 is 2.83 bits per heavy atom. The SMILES string of the molecule is Nc1ncnc2nccc(Cl)c12. The van der Waals surface area contributed by atoms with Crippen molar-refractivity contribution < 1.29 is 0 Å². The van der Waals surface area contributed by atoms with E-state index in [9.17, 15) is 0 Å². The zero-order valence-electron chi connectivity index (χ0n) is 6.03. The first-order valence-electron chi connectivity index (χ1n) is 3.30. The second kappa shape index (κ2) is 2.57. The largest absolute Gasteiger partial charge is 0.383 e. The highest BCUT2D eigenvalue weighted by Crippen LogP contribution is 2.23. The summed E-state index contributed by atoms with van der Waals surface area (Å²) in [6, 6.07) is 1.66. The van der Waals surface area contributed by atoms with Crippen LogP contribution in [0.3, 0.4) is 0 Å². The van der Waals surface area contributed by atoms with E-state index in [0.717, 1.165) is 0 Å². The van der Waals surface area contributed by atoms with Crippen LogP contribution in [0.5, 0.6) is 0 Å². The van der Waals surface area contributed by atoms with E-state index in [4.69, 9.17) is 17.3 Å². The molecular weight excluding hydrogens is 176 g/mol. The molecule has 0 saturated heterocycles. The van der Waals surface area contributed by atoms with Crippen molar-refractivity contribution >= 4 is 28.5 Å². The lowest BCUT2D eigenvalue weighted by molar-refractivity contribution is 1.19. The van der Waals surface area contributed by atoms with Crippen LogP contribution >= 0.6 is 11.6 Å². The fraction of sp³-hybridized carbons (Fsp3) is 0. The molecule has 0 unspecified atom stereocenters. The summed E-state index contributed by atoms with van der Waals surface area (Å²) in [6.07, 6.45) is 2.94. The molecule has 4 nitrogen and oxygen atoms in total. The second-order valence-corrected chi connectivity index (χ2v) is 2.66.